The second-order valence-electron chi connectivity index (χ2n) is 7.33. The molecule has 2 amide bonds. The number of anilines is 1. The predicted molar refractivity (Wildman–Crippen MR) is 123 cm³/mol. The van der Waals surface area contributed by atoms with Gasteiger partial charge in [-0.15, -0.1) is 11.3 Å². The van der Waals surface area contributed by atoms with E-state index in [1.165, 1.54) is 5.01 Å². The minimum Gasteiger partial charge on any atom is -0.497 e. The van der Waals surface area contributed by atoms with Crippen LogP contribution in [0.5, 0.6) is 5.75 Å². The SMILES string of the molecule is COc1ccc(N(CCC(N)=O)CC(=O)N2N=C(c3cccs3)C[C@H]2c2ccco2)cc1. The Morgan fingerprint density at radius 3 is 2.69 bits per heavy atom. The number of nitrogens with two attached hydrogens (primary N) is 1. The Kier molecular flexibility index (Phi) is 6.55. The van der Waals surface area contributed by atoms with Gasteiger partial charge in [-0.05, 0) is 47.8 Å². The molecule has 0 bridgehead atoms. The minimum atomic E-state index is -0.427. The lowest BCUT2D eigenvalue weighted by Crippen LogP contribution is -2.39. The van der Waals surface area contributed by atoms with Gasteiger partial charge in [-0.2, -0.15) is 5.10 Å². The smallest absolute Gasteiger partial charge is 0.262 e. The quantitative estimate of drug-likeness (QED) is 0.536. The molecule has 0 spiro atoms. The number of amides is 2. The largest absolute Gasteiger partial charge is 0.497 e. The highest BCUT2D eigenvalue weighted by atomic mass is 32.1. The van der Waals surface area contributed by atoms with Gasteiger partial charge in [0.2, 0.25) is 5.91 Å². The number of carbonyl (C=O) groups is 2. The van der Waals surface area contributed by atoms with Gasteiger partial charge in [0.1, 0.15) is 17.6 Å². The van der Waals surface area contributed by atoms with Gasteiger partial charge in [0, 0.05) is 25.1 Å². The second-order valence-corrected chi connectivity index (χ2v) is 8.28. The molecule has 0 fully saturated rings. The van der Waals surface area contributed by atoms with Crippen LogP contribution in [-0.2, 0) is 9.59 Å². The van der Waals surface area contributed by atoms with E-state index in [1.54, 1.807) is 30.8 Å². The third-order valence-electron chi connectivity index (χ3n) is 5.23. The number of thiophene rings is 1. The van der Waals surface area contributed by atoms with Gasteiger partial charge in [-0.3, -0.25) is 9.59 Å². The van der Waals surface area contributed by atoms with E-state index in [0.717, 1.165) is 16.3 Å². The number of benzene rings is 1. The Balaban J connectivity index is 1.58. The maximum atomic E-state index is 13.4. The number of methoxy groups -OCH3 is 1. The molecule has 9 heteroatoms. The Morgan fingerprint density at radius 1 is 1.25 bits per heavy atom. The lowest BCUT2D eigenvalue weighted by atomic mass is 10.1. The Labute approximate surface area is 189 Å². The van der Waals surface area contributed by atoms with Crippen LogP contribution in [0.25, 0.3) is 0 Å². The van der Waals surface area contributed by atoms with Crippen LogP contribution in [0.15, 0.2) is 69.7 Å². The topological polar surface area (TPSA) is 101 Å². The maximum Gasteiger partial charge on any atom is 0.262 e. The molecule has 3 heterocycles. The zero-order chi connectivity index (χ0) is 22.5. The molecule has 0 unspecified atom stereocenters. The predicted octanol–water partition coefficient (Wildman–Crippen LogP) is 3.41. The first-order valence-corrected chi connectivity index (χ1v) is 11.1. The average Bonchev–Trinajstić information content (AvgIpc) is 3.56. The number of ether oxygens (including phenoxy) is 1. The molecule has 1 aromatic carbocycles. The molecule has 0 aliphatic carbocycles. The van der Waals surface area contributed by atoms with Crippen LogP contribution >= 0.6 is 11.3 Å². The van der Waals surface area contributed by atoms with Crippen LogP contribution in [0.3, 0.4) is 0 Å². The first-order chi connectivity index (χ1) is 15.5. The fraction of sp³-hybridized carbons (Fsp3) is 0.261. The fourth-order valence-corrected chi connectivity index (χ4v) is 4.33. The van der Waals surface area contributed by atoms with Gasteiger partial charge < -0.3 is 19.8 Å². The van der Waals surface area contributed by atoms with Crippen LogP contribution in [0, 0.1) is 0 Å². The van der Waals surface area contributed by atoms with Crippen LogP contribution in [-0.4, -0.2) is 42.7 Å². The molecule has 32 heavy (non-hydrogen) atoms. The molecule has 1 atom stereocenters. The summed E-state index contributed by atoms with van der Waals surface area (Å²) in [6.07, 6.45) is 2.30. The molecule has 0 radical (unpaired) electrons. The lowest BCUT2D eigenvalue weighted by molar-refractivity contribution is -0.132. The van der Waals surface area contributed by atoms with E-state index in [2.05, 4.69) is 5.10 Å². The summed E-state index contributed by atoms with van der Waals surface area (Å²) >= 11 is 1.59. The number of rotatable bonds is 9. The van der Waals surface area contributed by atoms with Crippen molar-refractivity contribution >= 4 is 34.6 Å². The van der Waals surface area contributed by atoms with Crippen molar-refractivity contribution in [3.05, 3.63) is 70.8 Å². The normalized spacial score (nSPS) is 15.5. The molecule has 4 rings (SSSR count). The van der Waals surface area contributed by atoms with Crippen molar-refractivity contribution in [3.63, 3.8) is 0 Å². The van der Waals surface area contributed by atoms with Gasteiger partial charge in [0.15, 0.2) is 0 Å². The number of carbonyl (C=O) groups excluding carboxylic acids is 2. The highest BCUT2D eigenvalue weighted by Crippen LogP contribution is 2.34. The minimum absolute atomic E-state index is 0.0397. The van der Waals surface area contributed by atoms with E-state index < -0.39 is 5.91 Å². The summed E-state index contributed by atoms with van der Waals surface area (Å²) in [5, 5.41) is 8.13. The fourth-order valence-electron chi connectivity index (χ4n) is 3.61. The second kappa shape index (κ2) is 9.69. The Hall–Kier alpha value is -3.59. The molecular formula is C23H24N4O4S. The summed E-state index contributed by atoms with van der Waals surface area (Å²) in [5.41, 5.74) is 7.00. The zero-order valence-corrected chi connectivity index (χ0v) is 18.5. The van der Waals surface area contributed by atoms with Crippen LogP contribution in [0.4, 0.5) is 5.69 Å². The Morgan fingerprint density at radius 2 is 2.06 bits per heavy atom. The standard InChI is InChI=1S/C23H24N4O4S/c1-30-17-8-6-16(7-9-17)26(11-10-22(24)28)15-23(29)27-19(20-4-2-12-31-20)14-18(25-27)21-5-3-13-32-21/h2-9,12-13,19H,10-11,14-15H2,1H3,(H2,24,28)/t19-/m0/s1. The lowest BCUT2D eigenvalue weighted by Gasteiger charge is -2.27. The third-order valence-corrected chi connectivity index (χ3v) is 6.15. The molecule has 8 nitrogen and oxygen atoms in total. The highest BCUT2D eigenvalue weighted by Gasteiger charge is 2.35. The average molecular weight is 453 g/mol. The summed E-state index contributed by atoms with van der Waals surface area (Å²) in [7, 11) is 1.59. The molecule has 2 aromatic heterocycles. The number of hydrazone groups is 1. The number of hydrogen-bond donors (Lipinski definition) is 1. The molecule has 2 N–H and O–H groups in total. The van der Waals surface area contributed by atoms with Gasteiger partial charge in [0.25, 0.3) is 5.91 Å². The first kappa shape index (κ1) is 21.6. The van der Waals surface area contributed by atoms with Crippen molar-refractivity contribution < 1.29 is 18.7 Å². The molecule has 0 saturated carbocycles. The molecule has 3 aromatic rings. The Bertz CT molecular complexity index is 1080. The van der Waals surface area contributed by atoms with Gasteiger partial charge in [-0.1, -0.05) is 6.07 Å². The van der Waals surface area contributed by atoms with E-state index >= 15 is 0 Å². The van der Waals surface area contributed by atoms with Crippen molar-refractivity contribution in [2.24, 2.45) is 10.8 Å². The number of nitrogens with zero attached hydrogens (tertiary/aromatic N) is 3. The van der Waals surface area contributed by atoms with Crippen LogP contribution in [0.1, 0.15) is 29.5 Å². The van der Waals surface area contributed by atoms with Crippen LogP contribution in [0.2, 0.25) is 0 Å². The van der Waals surface area contributed by atoms with Gasteiger partial charge in [-0.25, -0.2) is 5.01 Å². The van der Waals surface area contributed by atoms with Crippen molar-refractivity contribution in [3.8, 4) is 5.75 Å². The summed E-state index contributed by atoms with van der Waals surface area (Å²) < 4.78 is 10.8. The molecule has 0 saturated heterocycles. The van der Waals surface area contributed by atoms with Crippen molar-refractivity contribution in [2.75, 3.05) is 25.1 Å². The maximum absolute atomic E-state index is 13.4. The number of primary amides is 1. The van der Waals surface area contributed by atoms with Crippen molar-refractivity contribution in [1.82, 2.24) is 5.01 Å². The third kappa shape index (κ3) is 4.83. The monoisotopic (exact) mass is 452 g/mol. The molecule has 1 aliphatic heterocycles. The molecule has 166 valence electrons. The van der Waals surface area contributed by atoms with Crippen molar-refractivity contribution in [1.29, 1.82) is 0 Å². The van der Waals surface area contributed by atoms with Gasteiger partial charge in [0.05, 0.1) is 30.5 Å². The zero-order valence-electron chi connectivity index (χ0n) is 17.6. The van der Waals surface area contributed by atoms with E-state index in [0.29, 0.717) is 24.5 Å². The summed E-state index contributed by atoms with van der Waals surface area (Å²) in [6, 6.07) is 14.6. The van der Waals surface area contributed by atoms with E-state index in [-0.39, 0.29) is 24.9 Å². The molecular weight excluding hydrogens is 428 g/mol. The summed E-state index contributed by atoms with van der Waals surface area (Å²) in [6.45, 7) is 0.353. The molecule has 1 aliphatic rings. The van der Waals surface area contributed by atoms with Crippen molar-refractivity contribution in [2.45, 2.75) is 18.9 Å². The number of hydrogen-bond acceptors (Lipinski definition) is 7. The summed E-state index contributed by atoms with van der Waals surface area (Å²) in [4.78, 5) is 27.7. The van der Waals surface area contributed by atoms with E-state index in [1.807, 2.05) is 52.7 Å². The first-order valence-electron chi connectivity index (χ1n) is 10.2. The summed E-state index contributed by atoms with van der Waals surface area (Å²) in [5.74, 6) is 0.765. The highest BCUT2D eigenvalue weighted by molar-refractivity contribution is 7.12. The van der Waals surface area contributed by atoms with E-state index in [4.69, 9.17) is 14.9 Å². The van der Waals surface area contributed by atoms with E-state index in [9.17, 15) is 9.59 Å². The van der Waals surface area contributed by atoms with Gasteiger partial charge >= 0.3 is 0 Å². The number of furan rings is 1. The van der Waals surface area contributed by atoms with Crippen LogP contribution < -0.4 is 15.4 Å².